The first-order valence-corrected chi connectivity index (χ1v) is 8.84. The number of urea groups is 1. The number of hydrogen-bond acceptors (Lipinski definition) is 3. The molecule has 1 N–H and O–H groups in total. The Kier molecular flexibility index (Phi) is 4.30. The van der Waals surface area contributed by atoms with Gasteiger partial charge in [-0.15, -0.1) is 11.8 Å². The number of nitrogens with one attached hydrogen (secondary N) is 1. The maximum absolute atomic E-state index is 12.8. The van der Waals surface area contributed by atoms with E-state index in [2.05, 4.69) is 11.4 Å². The third-order valence-corrected chi connectivity index (χ3v) is 6.16. The van der Waals surface area contributed by atoms with Crippen LogP contribution in [0.25, 0.3) is 0 Å². The number of carbonyl (C=O) groups is 1. The number of hydrogen-bond donors (Lipinski definition) is 1. The molecule has 0 aromatic heterocycles. The Morgan fingerprint density at radius 2 is 2.18 bits per heavy atom. The van der Waals surface area contributed by atoms with Gasteiger partial charge in [-0.3, -0.25) is 4.90 Å². The molecule has 116 valence electrons. The average Bonchev–Trinajstić information content (AvgIpc) is 2.86. The summed E-state index contributed by atoms with van der Waals surface area (Å²) in [6.45, 7) is 2.00. The summed E-state index contributed by atoms with van der Waals surface area (Å²) in [4.78, 5) is 14.5. The largest absolute Gasteiger partial charge is 0.324 e. The molecule has 2 fully saturated rings. The van der Waals surface area contributed by atoms with E-state index in [1.165, 1.54) is 6.42 Å². The fourth-order valence-corrected chi connectivity index (χ4v) is 5.10. The molecule has 1 heterocycles. The third-order valence-electron chi connectivity index (χ3n) is 4.53. The van der Waals surface area contributed by atoms with E-state index in [0.717, 1.165) is 42.7 Å². The van der Waals surface area contributed by atoms with Crippen LogP contribution >= 0.6 is 11.8 Å². The van der Waals surface area contributed by atoms with Crippen LogP contribution in [0.4, 0.5) is 10.5 Å². The molecular weight excluding hydrogens is 294 g/mol. The molecule has 1 aliphatic heterocycles. The van der Waals surface area contributed by atoms with Gasteiger partial charge in [0, 0.05) is 11.4 Å². The van der Waals surface area contributed by atoms with E-state index in [1.54, 1.807) is 11.8 Å². The first-order valence-electron chi connectivity index (χ1n) is 7.85. The second-order valence-corrected chi connectivity index (χ2v) is 7.51. The highest BCUT2D eigenvalue weighted by molar-refractivity contribution is 8.00. The highest BCUT2D eigenvalue weighted by atomic mass is 32.2. The van der Waals surface area contributed by atoms with Crippen molar-refractivity contribution in [2.75, 3.05) is 11.1 Å². The predicted molar refractivity (Wildman–Crippen MR) is 89.7 cm³/mol. The second-order valence-electron chi connectivity index (χ2n) is 6.13. The summed E-state index contributed by atoms with van der Waals surface area (Å²) < 4.78 is 0. The Balaban J connectivity index is 1.82. The van der Waals surface area contributed by atoms with Crippen LogP contribution in [0.1, 0.15) is 37.7 Å². The lowest BCUT2D eigenvalue weighted by Gasteiger charge is -2.41. The van der Waals surface area contributed by atoms with Crippen LogP contribution in [-0.2, 0) is 0 Å². The lowest BCUT2D eigenvalue weighted by Crippen LogP contribution is -2.52. The van der Waals surface area contributed by atoms with E-state index in [1.807, 2.05) is 36.1 Å². The first kappa shape index (κ1) is 15.2. The van der Waals surface area contributed by atoms with Crippen molar-refractivity contribution in [3.05, 3.63) is 29.8 Å². The third kappa shape index (κ3) is 2.80. The molecule has 1 spiro atoms. The highest BCUT2D eigenvalue weighted by Gasteiger charge is 2.50. The average molecular weight is 315 g/mol. The molecule has 1 aromatic carbocycles. The monoisotopic (exact) mass is 315 g/mol. The van der Waals surface area contributed by atoms with Crippen molar-refractivity contribution < 1.29 is 4.79 Å². The summed E-state index contributed by atoms with van der Waals surface area (Å²) in [5.41, 5.74) is 1.90. The minimum atomic E-state index is -0.326. The molecule has 0 bridgehead atoms. The van der Waals surface area contributed by atoms with E-state index in [0.29, 0.717) is 0 Å². The van der Waals surface area contributed by atoms with Gasteiger partial charge < -0.3 is 5.32 Å². The Bertz CT molecular complexity index is 604. The summed E-state index contributed by atoms with van der Waals surface area (Å²) in [6.07, 6.45) is 5.50. The van der Waals surface area contributed by atoms with Crippen LogP contribution in [0.5, 0.6) is 0 Å². The molecule has 5 heteroatoms. The van der Waals surface area contributed by atoms with Gasteiger partial charge in [0.05, 0.1) is 10.9 Å². The van der Waals surface area contributed by atoms with Crippen molar-refractivity contribution in [1.82, 2.24) is 4.90 Å². The molecule has 0 radical (unpaired) electrons. The lowest BCUT2D eigenvalue weighted by atomic mass is 9.93. The number of thioether (sulfide) groups is 1. The maximum atomic E-state index is 12.8. The van der Waals surface area contributed by atoms with Crippen LogP contribution in [0.15, 0.2) is 24.3 Å². The molecule has 1 aliphatic carbocycles. The van der Waals surface area contributed by atoms with Gasteiger partial charge in [0.2, 0.25) is 0 Å². The van der Waals surface area contributed by atoms with Gasteiger partial charge in [-0.05, 0) is 37.5 Å². The van der Waals surface area contributed by atoms with Gasteiger partial charge in [-0.25, -0.2) is 4.79 Å². The van der Waals surface area contributed by atoms with Gasteiger partial charge in [-0.1, -0.05) is 31.4 Å². The van der Waals surface area contributed by atoms with E-state index in [-0.39, 0.29) is 16.9 Å². The van der Waals surface area contributed by atoms with Gasteiger partial charge in [0.15, 0.2) is 0 Å². The van der Waals surface area contributed by atoms with E-state index in [9.17, 15) is 10.1 Å². The van der Waals surface area contributed by atoms with E-state index >= 15 is 0 Å². The zero-order valence-corrected chi connectivity index (χ0v) is 13.7. The van der Waals surface area contributed by atoms with Gasteiger partial charge >= 0.3 is 6.03 Å². The smallest absolute Gasteiger partial charge is 0.308 e. The molecule has 2 aliphatic rings. The molecule has 1 unspecified atom stereocenters. The summed E-state index contributed by atoms with van der Waals surface area (Å²) in [5.74, 6) is 0.720. The van der Waals surface area contributed by atoms with E-state index < -0.39 is 0 Å². The minimum Gasteiger partial charge on any atom is -0.308 e. The van der Waals surface area contributed by atoms with Gasteiger partial charge in [0.25, 0.3) is 0 Å². The van der Waals surface area contributed by atoms with Crippen molar-refractivity contribution in [3.8, 4) is 6.07 Å². The Morgan fingerprint density at radius 3 is 2.86 bits per heavy atom. The molecular formula is C17H21N3OS. The molecule has 1 saturated heterocycles. The van der Waals surface area contributed by atoms with Crippen molar-refractivity contribution >= 4 is 23.5 Å². The zero-order chi connectivity index (χ0) is 15.6. The number of nitriles is 1. The van der Waals surface area contributed by atoms with Crippen LogP contribution in [-0.4, -0.2) is 27.6 Å². The van der Waals surface area contributed by atoms with Crippen LogP contribution < -0.4 is 5.32 Å². The highest BCUT2D eigenvalue weighted by Crippen LogP contribution is 2.49. The maximum Gasteiger partial charge on any atom is 0.324 e. The molecule has 1 atom stereocenters. The van der Waals surface area contributed by atoms with Crippen LogP contribution in [0, 0.1) is 18.3 Å². The summed E-state index contributed by atoms with van der Waals surface area (Å²) in [5, 5.41) is 12.4. The van der Waals surface area contributed by atoms with Crippen molar-refractivity contribution in [3.63, 3.8) is 0 Å². The van der Waals surface area contributed by atoms with Crippen molar-refractivity contribution in [1.29, 1.82) is 5.26 Å². The molecule has 1 saturated carbocycles. The zero-order valence-electron chi connectivity index (χ0n) is 12.8. The van der Waals surface area contributed by atoms with Gasteiger partial charge in [-0.2, -0.15) is 5.26 Å². The minimum absolute atomic E-state index is 0.135. The summed E-state index contributed by atoms with van der Waals surface area (Å²) >= 11 is 1.79. The summed E-state index contributed by atoms with van der Waals surface area (Å²) in [7, 11) is 0. The predicted octanol–water partition coefficient (Wildman–Crippen LogP) is 4.13. The Morgan fingerprint density at radius 1 is 1.41 bits per heavy atom. The number of benzene rings is 1. The normalized spacial score (nSPS) is 23.3. The van der Waals surface area contributed by atoms with Crippen LogP contribution in [0.2, 0.25) is 0 Å². The molecule has 3 rings (SSSR count). The van der Waals surface area contributed by atoms with Gasteiger partial charge in [0.1, 0.15) is 6.04 Å². The quantitative estimate of drug-likeness (QED) is 0.848. The number of aryl methyl sites for hydroxylation is 1. The van der Waals surface area contributed by atoms with E-state index in [4.69, 9.17) is 0 Å². The first-order chi connectivity index (χ1) is 10.6. The SMILES string of the molecule is Cc1cccc(NC(=O)N2C(C#N)CSC23CCCCC3)c1. The summed E-state index contributed by atoms with van der Waals surface area (Å²) in [6, 6.07) is 9.63. The fraction of sp³-hybridized carbons (Fsp3) is 0.529. The van der Waals surface area contributed by atoms with Crippen LogP contribution in [0.3, 0.4) is 0 Å². The van der Waals surface area contributed by atoms with Crippen molar-refractivity contribution in [2.45, 2.75) is 49.9 Å². The number of rotatable bonds is 1. The second kappa shape index (κ2) is 6.21. The molecule has 1 aromatic rings. The molecule has 4 nitrogen and oxygen atoms in total. The molecule has 22 heavy (non-hydrogen) atoms. The lowest BCUT2D eigenvalue weighted by molar-refractivity contribution is 0.148. The number of anilines is 1. The van der Waals surface area contributed by atoms with Crippen molar-refractivity contribution in [2.24, 2.45) is 0 Å². The number of amides is 2. The fourth-order valence-electron chi connectivity index (χ4n) is 3.48. The number of carbonyl (C=O) groups excluding carboxylic acids is 1. The standard InChI is InChI=1S/C17H21N3OS/c1-13-6-5-7-14(10-13)19-16(21)20-15(11-18)12-22-17(20)8-3-2-4-9-17/h5-7,10,15H,2-4,8-9,12H2,1H3,(H,19,21). The molecule has 2 amide bonds. The Hall–Kier alpha value is -1.67. The topological polar surface area (TPSA) is 56.1 Å². The number of nitrogens with zero attached hydrogens (tertiary/aromatic N) is 2. The Labute approximate surface area is 135 Å².